The lowest BCUT2D eigenvalue weighted by atomic mass is 9.78. The second kappa shape index (κ2) is 4.36. The molecule has 0 spiro atoms. The number of halogens is 1. The highest BCUT2D eigenvalue weighted by molar-refractivity contribution is 5.27. The van der Waals surface area contributed by atoms with Crippen LogP contribution in [0.5, 0.6) is 0 Å². The Hall–Kier alpha value is -0.860. The second-order valence-electron chi connectivity index (χ2n) is 6.22. The Balaban J connectivity index is 1.83. The van der Waals surface area contributed by atoms with E-state index in [4.69, 9.17) is 0 Å². The summed E-state index contributed by atoms with van der Waals surface area (Å²) in [7, 11) is 0. The molecule has 1 heterocycles. The van der Waals surface area contributed by atoms with E-state index in [9.17, 15) is 4.39 Å². The second-order valence-corrected chi connectivity index (χ2v) is 6.22. The van der Waals surface area contributed by atoms with Crippen molar-refractivity contribution in [2.75, 3.05) is 0 Å². The summed E-state index contributed by atoms with van der Waals surface area (Å²) in [6, 6.07) is 2.02. The highest BCUT2D eigenvalue weighted by Crippen LogP contribution is 2.51. The Kier molecular flexibility index (Phi) is 2.95. The van der Waals surface area contributed by atoms with Crippen LogP contribution in [0.15, 0.2) is 6.07 Å². The van der Waals surface area contributed by atoms with Crippen LogP contribution < -0.4 is 0 Å². The van der Waals surface area contributed by atoms with Crippen LogP contribution in [0, 0.1) is 0 Å². The van der Waals surface area contributed by atoms with E-state index in [-0.39, 0.29) is 5.41 Å². The van der Waals surface area contributed by atoms with Gasteiger partial charge in [0.1, 0.15) is 0 Å². The highest BCUT2D eigenvalue weighted by atomic mass is 19.1. The van der Waals surface area contributed by atoms with Crippen molar-refractivity contribution in [2.45, 2.75) is 75.8 Å². The Morgan fingerprint density at radius 3 is 2.61 bits per heavy atom. The number of nitrogens with one attached hydrogen (secondary N) is 1. The normalized spacial score (nSPS) is 24.3. The third-order valence-electron chi connectivity index (χ3n) is 4.86. The van der Waals surface area contributed by atoms with Crippen molar-refractivity contribution in [3.8, 4) is 0 Å². The molecule has 0 aromatic carbocycles. The molecule has 3 heteroatoms. The van der Waals surface area contributed by atoms with Crippen LogP contribution in [0.1, 0.15) is 76.1 Å². The van der Waals surface area contributed by atoms with Crippen molar-refractivity contribution in [3.05, 3.63) is 17.5 Å². The van der Waals surface area contributed by atoms with Crippen LogP contribution in [-0.4, -0.2) is 10.2 Å². The first-order valence-corrected chi connectivity index (χ1v) is 7.44. The summed E-state index contributed by atoms with van der Waals surface area (Å²) < 4.78 is 14.0. The van der Waals surface area contributed by atoms with Gasteiger partial charge in [0.25, 0.3) is 0 Å². The average molecular weight is 250 g/mol. The lowest BCUT2D eigenvalue weighted by Gasteiger charge is -2.26. The third-order valence-corrected chi connectivity index (χ3v) is 4.86. The fourth-order valence-corrected chi connectivity index (χ4v) is 3.40. The van der Waals surface area contributed by atoms with Gasteiger partial charge in [-0.2, -0.15) is 5.10 Å². The van der Waals surface area contributed by atoms with Gasteiger partial charge in [-0.15, -0.1) is 0 Å². The number of nitrogens with zero attached hydrogens (tertiary/aromatic N) is 1. The molecule has 2 fully saturated rings. The van der Waals surface area contributed by atoms with E-state index in [2.05, 4.69) is 17.1 Å². The van der Waals surface area contributed by atoms with E-state index in [1.165, 1.54) is 44.9 Å². The predicted molar refractivity (Wildman–Crippen MR) is 70.3 cm³/mol. The third kappa shape index (κ3) is 1.98. The number of hydrogen-bond donors (Lipinski definition) is 1. The molecule has 18 heavy (non-hydrogen) atoms. The highest BCUT2D eigenvalue weighted by Gasteiger charge is 2.48. The van der Waals surface area contributed by atoms with Crippen LogP contribution in [0.3, 0.4) is 0 Å². The van der Waals surface area contributed by atoms with Gasteiger partial charge in [0.15, 0.2) is 5.67 Å². The molecule has 2 nitrogen and oxygen atoms in total. The SMILES string of the molecule is CCCCC1(c2cc(C3(F)CC3)[nH]n2)CCCC1. The Morgan fingerprint density at radius 2 is 2.00 bits per heavy atom. The molecule has 0 atom stereocenters. The number of aromatic amines is 1. The molecule has 0 radical (unpaired) electrons. The number of unbranched alkanes of at least 4 members (excludes halogenated alkanes) is 1. The van der Waals surface area contributed by atoms with Crippen LogP contribution in [-0.2, 0) is 11.1 Å². The first-order valence-electron chi connectivity index (χ1n) is 7.44. The lowest BCUT2D eigenvalue weighted by molar-refractivity contribution is 0.309. The maximum Gasteiger partial charge on any atom is 0.152 e. The van der Waals surface area contributed by atoms with Gasteiger partial charge in [-0.3, -0.25) is 5.10 Å². The number of hydrogen-bond acceptors (Lipinski definition) is 1. The first kappa shape index (κ1) is 12.2. The molecule has 2 aliphatic rings. The van der Waals surface area contributed by atoms with Crippen molar-refractivity contribution in [1.82, 2.24) is 10.2 Å². The molecule has 1 N–H and O–H groups in total. The Morgan fingerprint density at radius 1 is 1.28 bits per heavy atom. The molecule has 1 aromatic heterocycles. The van der Waals surface area contributed by atoms with Gasteiger partial charge in [0, 0.05) is 5.41 Å². The summed E-state index contributed by atoms with van der Waals surface area (Å²) in [6.45, 7) is 2.24. The zero-order chi connectivity index (χ0) is 12.6. The van der Waals surface area contributed by atoms with Crippen molar-refractivity contribution in [1.29, 1.82) is 0 Å². The molecule has 0 saturated heterocycles. The average Bonchev–Trinajstić information content (AvgIpc) is 2.88. The molecule has 0 bridgehead atoms. The number of alkyl halides is 1. The quantitative estimate of drug-likeness (QED) is 0.826. The molecule has 0 aliphatic heterocycles. The van der Waals surface area contributed by atoms with E-state index in [1.807, 2.05) is 6.07 Å². The largest absolute Gasteiger partial charge is 0.279 e. The summed E-state index contributed by atoms with van der Waals surface area (Å²) >= 11 is 0. The van der Waals surface area contributed by atoms with Crippen molar-refractivity contribution in [3.63, 3.8) is 0 Å². The van der Waals surface area contributed by atoms with Gasteiger partial charge in [0.2, 0.25) is 0 Å². The van der Waals surface area contributed by atoms with Crippen LogP contribution >= 0.6 is 0 Å². The molecule has 3 rings (SSSR count). The zero-order valence-corrected chi connectivity index (χ0v) is 11.3. The first-order chi connectivity index (χ1) is 8.69. The van der Waals surface area contributed by atoms with Crippen LogP contribution in [0.4, 0.5) is 4.39 Å². The van der Waals surface area contributed by atoms with Gasteiger partial charge in [0.05, 0.1) is 11.4 Å². The van der Waals surface area contributed by atoms with E-state index in [0.717, 1.165) is 11.4 Å². The van der Waals surface area contributed by atoms with E-state index in [0.29, 0.717) is 12.8 Å². The van der Waals surface area contributed by atoms with Gasteiger partial charge in [-0.25, -0.2) is 4.39 Å². The molecule has 0 amide bonds. The van der Waals surface area contributed by atoms with E-state index in [1.54, 1.807) is 0 Å². The predicted octanol–water partition coefficient (Wildman–Crippen LogP) is 4.37. The number of H-pyrrole nitrogens is 1. The molecule has 1 aromatic rings. The fraction of sp³-hybridized carbons (Fsp3) is 0.800. The van der Waals surface area contributed by atoms with Crippen LogP contribution in [0.25, 0.3) is 0 Å². The van der Waals surface area contributed by atoms with Gasteiger partial charge in [-0.1, -0.05) is 32.6 Å². The molecule has 2 aliphatic carbocycles. The number of aromatic nitrogens is 2. The standard InChI is InChI=1S/C15H23FN2/c1-2-3-6-14(7-4-5-8-14)12-11-13(18-17-12)15(16)9-10-15/h11H,2-10H2,1H3,(H,17,18). The van der Waals surface area contributed by atoms with Crippen LogP contribution in [0.2, 0.25) is 0 Å². The summed E-state index contributed by atoms with van der Waals surface area (Å²) in [5.41, 5.74) is 1.03. The van der Waals surface area contributed by atoms with E-state index < -0.39 is 5.67 Å². The van der Waals surface area contributed by atoms with Crippen molar-refractivity contribution < 1.29 is 4.39 Å². The smallest absolute Gasteiger partial charge is 0.152 e. The summed E-state index contributed by atoms with van der Waals surface area (Å²) in [5.74, 6) is 0. The lowest BCUT2D eigenvalue weighted by Crippen LogP contribution is -2.22. The van der Waals surface area contributed by atoms with E-state index >= 15 is 0 Å². The fourth-order valence-electron chi connectivity index (χ4n) is 3.40. The maximum atomic E-state index is 14.0. The summed E-state index contributed by atoms with van der Waals surface area (Å²) in [5, 5.41) is 7.43. The number of rotatable bonds is 5. The van der Waals surface area contributed by atoms with Gasteiger partial charge >= 0.3 is 0 Å². The maximum absolute atomic E-state index is 14.0. The minimum atomic E-state index is -1.07. The topological polar surface area (TPSA) is 28.7 Å². The molecular formula is C15H23FN2. The minimum absolute atomic E-state index is 0.246. The monoisotopic (exact) mass is 250 g/mol. The molecule has 100 valence electrons. The van der Waals surface area contributed by atoms with Gasteiger partial charge < -0.3 is 0 Å². The van der Waals surface area contributed by atoms with Crippen molar-refractivity contribution in [2.24, 2.45) is 0 Å². The Bertz CT molecular complexity index is 414. The van der Waals surface area contributed by atoms with Gasteiger partial charge in [-0.05, 0) is 38.2 Å². The van der Waals surface area contributed by atoms with Crippen molar-refractivity contribution >= 4 is 0 Å². The molecule has 2 saturated carbocycles. The Labute approximate surface area is 108 Å². The summed E-state index contributed by atoms with van der Waals surface area (Å²) in [6.07, 6.45) is 10.1. The summed E-state index contributed by atoms with van der Waals surface area (Å²) in [4.78, 5) is 0. The zero-order valence-electron chi connectivity index (χ0n) is 11.3. The molecular weight excluding hydrogens is 227 g/mol. The molecule has 0 unspecified atom stereocenters. The minimum Gasteiger partial charge on any atom is -0.279 e.